The summed E-state index contributed by atoms with van der Waals surface area (Å²) in [4.78, 5) is 4.39. The molecule has 4 aromatic rings. The summed E-state index contributed by atoms with van der Waals surface area (Å²) in [7, 11) is 1.82. The second kappa shape index (κ2) is 7.95. The minimum Gasteiger partial charge on any atom is -0.330 e. The van der Waals surface area contributed by atoms with E-state index in [2.05, 4.69) is 47.6 Å². The van der Waals surface area contributed by atoms with Gasteiger partial charge in [0.25, 0.3) is 0 Å². The van der Waals surface area contributed by atoms with E-state index >= 15 is 0 Å². The number of benzene rings is 3. The molecule has 0 spiro atoms. The van der Waals surface area contributed by atoms with Crippen LogP contribution in [0.4, 0.5) is 13.2 Å². The summed E-state index contributed by atoms with van der Waals surface area (Å²) in [5.74, 6) is 0.696. The minimum absolute atomic E-state index is 0.354. The first kappa shape index (κ1) is 20.2. The molecule has 1 aromatic heterocycles. The van der Waals surface area contributed by atoms with Gasteiger partial charge in [-0.15, -0.1) is 0 Å². The van der Waals surface area contributed by atoms with Crippen LogP contribution in [0, 0.1) is 6.92 Å². The quantitative estimate of drug-likeness (QED) is 0.448. The summed E-state index contributed by atoms with van der Waals surface area (Å²) in [6.45, 7) is 3.20. The fraction of sp³-hybridized carbons (Fsp3) is 0.208. The van der Waals surface area contributed by atoms with Gasteiger partial charge < -0.3 is 9.88 Å². The number of fused-ring (bicyclic) bond motifs is 1. The average molecular weight is 409 g/mol. The molecular formula is C24H22F3N3. The maximum Gasteiger partial charge on any atom is 0.416 e. The molecule has 0 aliphatic heterocycles. The lowest BCUT2D eigenvalue weighted by molar-refractivity contribution is -0.137. The van der Waals surface area contributed by atoms with Gasteiger partial charge in [0.1, 0.15) is 5.82 Å². The highest BCUT2D eigenvalue weighted by Gasteiger charge is 2.31. The highest BCUT2D eigenvalue weighted by atomic mass is 19.4. The van der Waals surface area contributed by atoms with Gasteiger partial charge in [0.05, 0.1) is 23.1 Å². The SMILES string of the molecule is Cc1cc(CNCc2nc3cc(C(F)(F)F)ccc3n2C)ccc1-c1ccccc1. The van der Waals surface area contributed by atoms with Crippen LogP contribution in [0.2, 0.25) is 0 Å². The van der Waals surface area contributed by atoms with Crippen LogP contribution in [0.25, 0.3) is 22.2 Å². The lowest BCUT2D eigenvalue weighted by atomic mass is 9.98. The second-order valence-corrected chi connectivity index (χ2v) is 7.41. The van der Waals surface area contributed by atoms with Gasteiger partial charge >= 0.3 is 6.18 Å². The van der Waals surface area contributed by atoms with E-state index in [0.29, 0.717) is 29.9 Å². The van der Waals surface area contributed by atoms with Crippen LogP contribution in [-0.2, 0) is 26.3 Å². The summed E-state index contributed by atoms with van der Waals surface area (Å²) in [6, 6.07) is 20.3. The van der Waals surface area contributed by atoms with E-state index in [0.717, 1.165) is 17.7 Å². The number of halogens is 3. The van der Waals surface area contributed by atoms with Gasteiger partial charge in [-0.25, -0.2) is 4.98 Å². The highest BCUT2D eigenvalue weighted by Crippen LogP contribution is 2.31. The first-order valence-corrected chi connectivity index (χ1v) is 9.71. The van der Waals surface area contributed by atoms with Gasteiger partial charge in [-0.3, -0.25) is 0 Å². The summed E-state index contributed by atoms with van der Waals surface area (Å²) in [5.41, 5.74) is 5.09. The molecule has 6 heteroatoms. The van der Waals surface area contributed by atoms with E-state index < -0.39 is 11.7 Å². The van der Waals surface area contributed by atoms with Crippen molar-refractivity contribution < 1.29 is 13.2 Å². The molecule has 0 saturated heterocycles. The fourth-order valence-electron chi connectivity index (χ4n) is 3.68. The molecule has 154 valence electrons. The van der Waals surface area contributed by atoms with Gasteiger partial charge in [-0.2, -0.15) is 13.2 Å². The third-order valence-electron chi connectivity index (χ3n) is 5.29. The predicted octanol–water partition coefficient (Wildman–Crippen LogP) is 5.86. The summed E-state index contributed by atoms with van der Waals surface area (Å²) < 4.78 is 40.6. The van der Waals surface area contributed by atoms with Crippen LogP contribution < -0.4 is 5.32 Å². The van der Waals surface area contributed by atoms with Crippen LogP contribution in [0.15, 0.2) is 66.7 Å². The number of hydrogen-bond donors (Lipinski definition) is 1. The molecule has 30 heavy (non-hydrogen) atoms. The zero-order chi connectivity index (χ0) is 21.3. The number of imidazole rings is 1. The Kier molecular flexibility index (Phi) is 5.35. The van der Waals surface area contributed by atoms with Crippen LogP contribution in [-0.4, -0.2) is 9.55 Å². The first-order valence-electron chi connectivity index (χ1n) is 9.71. The van der Waals surface area contributed by atoms with Crippen LogP contribution in [0.1, 0.15) is 22.5 Å². The van der Waals surface area contributed by atoms with Crippen molar-refractivity contribution in [3.05, 3.63) is 89.2 Å². The molecule has 0 bridgehead atoms. The Labute approximate surface area is 173 Å². The summed E-state index contributed by atoms with van der Waals surface area (Å²) in [5, 5.41) is 3.35. The van der Waals surface area contributed by atoms with Crippen molar-refractivity contribution >= 4 is 11.0 Å². The number of hydrogen-bond acceptors (Lipinski definition) is 2. The number of alkyl halides is 3. The number of rotatable bonds is 5. The Morgan fingerprint density at radius 3 is 2.40 bits per heavy atom. The molecule has 0 radical (unpaired) electrons. The molecule has 0 aliphatic rings. The Morgan fingerprint density at radius 1 is 0.933 bits per heavy atom. The zero-order valence-corrected chi connectivity index (χ0v) is 16.8. The molecule has 0 amide bonds. The van der Waals surface area contributed by atoms with Crippen LogP contribution >= 0.6 is 0 Å². The maximum atomic E-state index is 12.9. The molecule has 0 fully saturated rings. The van der Waals surface area contributed by atoms with E-state index in [4.69, 9.17) is 0 Å². The fourth-order valence-corrected chi connectivity index (χ4v) is 3.68. The van der Waals surface area contributed by atoms with Crippen molar-refractivity contribution in [1.82, 2.24) is 14.9 Å². The Bertz CT molecular complexity index is 1180. The Hall–Kier alpha value is -3.12. The Morgan fingerprint density at radius 2 is 1.70 bits per heavy atom. The number of aryl methyl sites for hydroxylation is 2. The monoisotopic (exact) mass is 409 g/mol. The second-order valence-electron chi connectivity index (χ2n) is 7.41. The van der Waals surface area contributed by atoms with E-state index in [1.54, 1.807) is 0 Å². The third-order valence-corrected chi connectivity index (χ3v) is 5.29. The van der Waals surface area contributed by atoms with E-state index in [9.17, 15) is 13.2 Å². The van der Waals surface area contributed by atoms with Crippen molar-refractivity contribution in [3.8, 4) is 11.1 Å². The first-order chi connectivity index (χ1) is 14.3. The van der Waals surface area contributed by atoms with Crippen molar-refractivity contribution in [2.45, 2.75) is 26.2 Å². The average Bonchev–Trinajstić information content (AvgIpc) is 3.03. The maximum absolute atomic E-state index is 12.9. The lowest BCUT2D eigenvalue weighted by Crippen LogP contribution is -2.15. The third kappa shape index (κ3) is 4.09. The Balaban J connectivity index is 1.46. The number of nitrogens with one attached hydrogen (secondary N) is 1. The molecule has 0 saturated carbocycles. The van der Waals surface area contributed by atoms with E-state index in [1.807, 2.05) is 29.8 Å². The molecular weight excluding hydrogens is 387 g/mol. The molecule has 4 rings (SSSR count). The molecule has 1 N–H and O–H groups in total. The van der Waals surface area contributed by atoms with Crippen LogP contribution in [0.3, 0.4) is 0 Å². The summed E-state index contributed by atoms with van der Waals surface area (Å²) >= 11 is 0. The zero-order valence-electron chi connectivity index (χ0n) is 16.8. The standard InChI is InChI=1S/C24H22F3N3/c1-16-12-17(8-10-20(16)18-6-4-3-5-7-18)14-28-15-23-29-21-13-19(24(25,26)27)9-11-22(21)30(23)2/h3-13,28H,14-15H2,1-2H3. The van der Waals surface area contributed by atoms with Gasteiger partial charge in [-0.05, 0) is 47.4 Å². The molecule has 0 atom stereocenters. The molecule has 3 nitrogen and oxygen atoms in total. The molecule has 0 aliphatic carbocycles. The van der Waals surface area contributed by atoms with Gasteiger partial charge in [0.15, 0.2) is 0 Å². The van der Waals surface area contributed by atoms with Gasteiger partial charge in [0.2, 0.25) is 0 Å². The van der Waals surface area contributed by atoms with Crippen molar-refractivity contribution in [2.24, 2.45) is 7.05 Å². The largest absolute Gasteiger partial charge is 0.416 e. The molecule has 3 aromatic carbocycles. The topological polar surface area (TPSA) is 29.9 Å². The normalized spacial score (nSPS) is 11.9. The van der Waals surface area contributed by atoms with Crippen molar-refractivity contribution in [3.63, 3.8) is 0 Å². The smallest absolute Gasteiger partial charge is 0.330 e. The molecule has 0 unspecified atom stereocenters. The van der Waals surface area contributed by atoms with E-state index in [-0.39, 0.29) is 0 Å². The predicted molar refractivity (Wildman–Crippen MR) is 113 cm³/mol. The minimum atomic E-state index is -4.37. The van der Waals surface area contributed by atoms with Crippen LogP contribution in [0.5, 0.6) is 0 Å². The summed E-state index contributed by atoms with van der Waals surface area (Å²) in [6.07, 6.45) is -4.37. The number of aromatic nitrogens is 2. The van der Waals surface area contributed by atoms with Gasteiger partial charge in [0, 0.05) is 13.6 Å². The highest BCUT2D eigenvalue weighted by molar-refractivity contribution is 5.77. The molecule has 1 heterocycles. The van der Waals surface area contributed by atoms with Gasteiger partial charge in [-0.1, -0.05) is 48.5 Å². The van der Waals surface area contributed by atoms with Crippen molar-refractivity contribution in [1.29, 1.82) is 0 Å². The van der Waals surface area contributed by atoms with Crippen molar-refractivity contribution in [2.75, 3.05) is 0 Å². The lowest BCUT2D eigenvalue weighted by Gasteiger charge is -2.10. The van der Waals surface area contributed by atoms with E-state index in [1.165, 1.54) is 22.8 Å². The number of nitrogens with zero attached hydrogens (tertiary/aromatic N) is 2.